The fraction of sp³-hybridized carbons (Fsp3) is 0.556. The maximum atomic E-state index is 14.1. The summed E-state index contributed by atoms with van der Waals surface area (Å²) in [5.74, 6) is -1.05. The predicted molar refractivity (Wildman–Crippen MR) is 101 cm³/mol. The molecule has 0 aliphatic rings. The molecule has 0 spiro atoms. The van der Waals surface area contributed by atoms with Gasteiger partial charge in [-0.25, -0.2) is 4.39 Å². The topological polar surface area (TPSA) is 55.4 Å². The van der Waals surface area contributed by atoms with E-state index in [1.54, 1.807) is 27.7 Å². The molecule has 0 saturated heterocycles. The second-order valence-corrected chi connectivity index (χ2v) is 9.04. The zero-order valence-electron chi connectivity index (χ0n) is 15.4. The van der Waals surface area contributed by atoms with Gasteiger partial charge in [0.2, 0.25) is 5.91 Å². The van der Waals surface area contributed by atoms with Gasteiger partial charge in [0, 0.05) is 10.3 Å². The Morgan fingerprint density at radius 2 is 1.88 bits per heavy atom. The van der Waals surface area contributed by atoms with Crippen LogP contribution in [0.25, 0.3) is 0 Å². The molecule has 0 radical (unpaired) electrons. The molecule has 1 rings (SSSR count). The number of amides is 1. The van der Waals surface area contributed by atoms with Crippen molar-refractivity contribution in [1.82, 2.24) is 0 Å². The lowest BCUT2D eigenvalue weighted by Gasteiger charge is -2.19. The normalized spacial score (nSPS) is 12.8. The zero-order valence-corrected chi connectivity index (χ0v) is 17.0. The molecule has 1 unspecified atom stereocenters. The summed E-state index contributed by atoms with van der Waals surface area (Å²) in [5, 5.41) is 2.23. The molecule has 0 aliphatic carbocycles. The van der Waals surface area contributed by atoms with Gasteiger partial charge in [0.05, 0.1) is 17.3 Å². The molecule has 0 bridgehead atoms. The monoisotopic (exact) mass is 389 g/mol. The first-order chi connectivity index (χ1) is 11.4. The number of hydrogen-bond donors (Lipinski definition) is 1. The zero-order chi connectivity index (χ0) is 19.4. The molecule has 1 aromatic carbocycles. The van der Waals surface area contributed by atoms with Crippen molar-refractivity contribution in [3.05, 3.63) is 23.0 Å². The third kappa shape index (κ3) is 6.86. The number of anilines is 1. The largest absolute Gasteiger partial charge is 0.465 e. The Labute approximate surface area is 157 Å². The van der Waals surface area contributed by atoms with Crippen LogP contribution < -0.4 is 5.32 Å². The molecule has 0 aromatic heterocycles. The maximum Gasteiger partial charge on any atom is 0.319 e. The molecule has 0 aliphatic heterocycles. The quantitative estimate of drug-likeness (QED) is 0.540. The molecule has 140 valence electrons. The Balaban J connectivity index is 2.92. The summed E-state index contributed by atoms with van der Waals surface area (Å²) in [5.41, 5.74) is -0.623. The van der Waals surface area contributed by atoms with Gasteiger partial charge in [-0.3, -0.25) is 9.59 Å². The summed E-state index contributed by atoms with van der Waals surface area (Å²) in [7, 11) is 0. The Hall–Kier alpha value is -1.27. The van der Waals surface area contributed by atoms with Gasteiger partial charge in [0.1, 0.15) is 11.1 Å². The van der Waals surface area contributed by atoms with E-state index in [-0.39, 0.29) is 28.5 Å². The van der Waals surface area contributed by atoms with Crippen LogP contribution in [0.1, 0.15) is 41.5 Å². The van der Waals surface area contributed by atoms with E-state index >= 15 is 0 Å². The van der Waals surface area contributed by atoms with Crippen LogP contribution in [-0.4, -0.2) is 23.7 Å². The number of carbonyl (C=O) groups excluding carboxylic acids is 2. The molecular weight excluding hydrogens is 365 g/mol. The van der Waals surface area contributed by atoms with Crippen LogP contribution >= 0.6 is 23.4 Å². The van der Waals surface area contributed by atoms with E-state index in [1.165, 1.54) is 6.07 Å². The molecular formula is C18H25ClFNO3S. The Kier molecular flexibility index (Phi) is 7.75. The minimum absolute atomic E-state index is 0.0366. The van der Waals surface area contributed by atoms with Crippen LogP contribution in [0.5, 0.6) is 0 Å². The lowest BCUT2D eigenvalue weighted by atomic mass is 9.95. The molecule has 1 N–H and O–H groups in total. The van der Waals surface area contributed by atoms with E-state index < -0.39 is 16.5 Å². The van der Waals surface area contributed by atoms with Crippen molar-refractivity contribution in [2.45, 2.75) is 51.7 Å². The fourth-order valence-electron chi connectivity index (χ4n) is 1.63. The van der Waals surface area contributed by atoms with Crippen molar-refractivity contribution in [3.8, 4) is 0 Å². The summed E-state index contributed by atoms with van der Waals surface area (Å²) < 4.78 is 19.3. The average Bonchev–Trinajstić information content (AvgIpc) is 2.48. The van der Waals surface area contributed by atoms with Crippen LogP contribution in [-0.2, 0) is 14.3 Å². The molecule has 4 nitrogen and oxygen atoms in total. The van der Waals surface area contributed by atoms with Crippen LogP contribution in [0.15, 0.2) is 17.0 Å². The molecule has 1 aromatic rings. The van der Waals surface area contributed by atoms with Gasteiger partial charge in [-0.05, 0) is 25.0 Å². The van der Waals surface area contributed by atoms with Gasteiger partial charge < -0.3 is 10.1 Å². The van der Waals surface area contributed by atoms with E-state index in [0.29, 0.717) is 11.5 Å². The number of esters is 1. The summed E-state index contributed by atoms with van der Waals surface area (Å²) in [6, 6.07) is 2.58. The number of thioether (sulfide) groups is 1. The number of benzene rings is 1. The van der Waals surface area contributed by atoms with Crippen LogP contribution in [0.3, 0.4) is 0 Å². The third-order valence-electron chi connectivity index (χ3n) is 3.15. The number of nitrogens with one attached hydrogen (secondary N) is 1. The second-order valence-electron chi connectivity index (χ2n) is 7.25. The minimum atomic E-state index is -0.659. The fourth-order valence-corrected chi connectivity index (χ4v) is 2.82. The highest BCUT2D eigenvalue weighted by Crippen LogP contribution is 2.35. The first kappa shape index (κ1) is 21.8. The molecule has 25 heavy (non-hydrogen) atoms. The average molecular weight is 390 g/mol. The van der Waals surface area contributed by atoms with Crippen LogP contribution in [0.4, 0.5) is 10.1 Å². The van der Waals surface area contributed by atoms with E-state index in [0.717, 1.165) is 17.8 Å². The van der Waals surface area contributed by atoms with Gasteiger partial charge >= 0.3 is 5.97 Å². The molecule has 7 heteroatoms. The summed E-state index contributed by atoms with van der Waals surface area (Å²) in [6.07, 6.45) is 0. The maximum absolute atomic E-state index is 14.1. The Morgan fingerprint density at radius 1 is 1.28 bits per heavy atom. The van der Waals surface area contributed by atoms with E-state index in [2.05, 4.69) is 5.32 Å². The molecule has 1 atom stereocenters. The number of rotatable bonds is 6. The number of halogens is 2. The van der Waals surface area contributed by atoms with Gasteiger partial charge in [-0.2, -0.15) is 0 Å². The number of carbonyl (C=O) groups is 2. The SMILES string of the molecule is CC(C)COC(=O)C(C)Sc1cc(NC(=O)C(C)(C)C)c(F)cc1Cl. The van der Waals surface area contributed by atoms with Crippen molar-refractivity contribution in [1.29, 1.82) is 0 Å². The van der Waals surface area contributed by atoms with Crippen molar-refractivity contribution >= 4 is 40.9 Å². The van der Waals surface area contributed by atoms with Crippen molar-refractivity contribution < 1.29 is 18.7 Å². The van der Waals surface area contributed by atoms with Gasteiger partial charge in [-0.1, -0.05) is 46.2 Å². The number of ether oxygens (including phenoxy) is 1. The Bertz CT molecular complexity index is 644. The van der Waals surface area contributed by atoms with E-state index in [9.17, 15) is 14.0 Å². The molecule has 0 heterocycles. The third-order valence-corrected chi connectivity index (χ3v) is 4.71. The first-order valence-corrected chi connectivity index (χ1v) is 9.31. The minimum Gasteiger partial charge on any atom is -0.465 e. The lowest BCUT2D eigenvalue weighted by molar-refractivity contribution is -0.143. The Morgan fingerprint density at radius 3 is 2.40 bits per heavy atom. The van der Waals surface area contributed by atoms with Crippen molar-refractivity contribution in [2.24, 2.45) is 11.3 Å². The van der Waals surface area contributed by atoms with E-state index in [1.807, 2.05) is 13.8 Å². The van der Waals surface area contributed by atoms with E-state index in [4.69, 9.17) is 16.3 Å². The lowest BCUT2D eigenvalue weighted by Crippen LogP contribution is -2.28. The predicted octanol–water partition coefficient (Wildman–Crippen LogP) is 5.14. The van der Waals surface area contributed by atoms with Crippen molar-refractivity contribution in [3.63, 3.8) is 0 Å². The highest BCUT2D eigenvalue weighted by molar-refractivity contribution is 8.00. The summed E-state index contributed by atoms with van der Waals surface area (Å²) in [6.45, 7) is 11.1. The highest BCUT2D eigenvalue weighted by atomic mass is 35.5. The molecule has 0 fully saturated rings. The van der Waals surface area contributed by atoms with Crippen LogP contribution in [0, 0.1) is 17.2 Å². The van der Waals surface area contributed by atoms with Gasteiger partial charge in [0.15, 0.2) is 0 Å². The van der Waals surface area contributed by atoms with Crippen molar-refractivity contribution in [2.75, 3.05) is 11.9 Å². The molecule has 0 saturated carbocycles. The van der Waals surface area contributed by atoms with Crippen LogP contribution in [0.2, 0.25) is 5.02 Å². The van der Waals surface area contributed by atoms with Gasteiger partial charge in [0.25, 0.3) is 0 Å². The standard InChI is InChI=1S/C18H25ClFNO3S/c1-10(2)9-24-16(22)11(3)25-15-8-14(13(20)7-12(15)19)21-17(23)18(4,5)6/h7-8,10-11H,9H2,1-6H3,(H,21,23). The number of hydrogen-bond acceptors (Lipinski definition) is 4. The smallest absolute Gasteiger partial charge is 0.319 e. The summed E-state index contributed by atoms with van der Waals surface area (Å²) >= 11 is 7.24. The highest BCUT2D eigenvalue weighted by Gasteiger charge is 2.24. The first-order valence-electron chi connectivity index (χ1n) is 8.05. The second kappa shape index (κ2) is 8.90. The van der Waals surface area contributed by atoms with Gasteiger partial charge in [-0.15, -0.1) is 11.8 Å². The molecule has 1 amide bonds. The summed E-state index contributed by atoms with van der Waals surface area (Å²) in [4.78, 5) is 24.6.